The van der Waals surface area contributed by atoms with Gasteiger partial charge in [-0.05, 0) is 39.0 Å². The molecule has 0 fully saturated rings. The summed E-state index contributed by atoms with van der Waals surface area (Å²) in [6, 6.07) is 4.76. The highest BCUT2D eigenvalue weighted by Crippen LogP contribution is 2.40. The second kappa shape index (κ2) is 6.51. The third-order valence-corrected chi connectivity index (χ3v) is 4.20. The summed E-state index contributed by atoms with van der Waals surface area (Å²) in [5, 5.41) is 9.59. The zero-order chi connectivity index (χ0) is 18.1. The SMILES string of the molecule is CCOC(=O)c1cc(-c2cc3c(cc2C(=O)O)OCO3)n(CC)c1C. The van der Waals surface area contributed by atoms with Crippen LogP contribution in [-0.2, 0) is 11.3 Å². The predicted molar refractivity (Wildman–Crippen MR) is 89.3 cm³/mol. The monoisotopic (exact) mass is 345 g/mol. The molecule has 0 radical (unpaired) electrons. The standard InChI is InChI=1S/C18H19NO6/c1-4-19-10(3)11(18(22)23-5-2)6-14(19)12-7-15-16(25-9-24-15)8-13(12)17(20)21/h6-8H,4-5,9H2,1-3H3,(H,20,21). The van der Waals surface area contributed by atoms with E-state index in [2.05, 4.69) is 0 Å². The minimum atomic E-state index is -1.08. The van der Waals surface area contributed by atoms with Crippen LogP contribution in [-0.4, -0.2) is 35.0 Å². The lowest BCUT2D eigenvalue weighted by atomic mass is 10.0. The summed E-state index contributed by atoms with van der Waals surface area (Å²) in [4.78, 5) is 23.9. The van der Waals surface area contributed by atoms with Gasteiger partial charge in [-0.1, -0.05) is 0 Å². The highest BCUT2D eigenvalue weighted by Gasteiger charge is 2.25. The van der Waals surface area contributed by atoms with Crippen molar-refractivity contribution in [2.24, 2.45) is 0 Å². The van der Waals surface area contributed by atoms with Crippen LogP contribution in [0.4, 0.5) is 0 Å². The number of fused-ring (bicyclic) bond motifs is 1. The lowest BCUT2D eigenvalue weighted by Crippen LogP contribution is -2.07. The molecule has 25 heavy (non-hydrogen) atoms. The van der Waals surface area contributed by atoms with Gasteiger partial charge in [0.15, 0.2) is 11.5 Å². The molecule has 0 saturated carbocycles. The second-order valence-corrected chi connectivity index (χ2v) is 5.55. The Balaban J connectivity index is 2.21. The van der Waals surface area contributed by atoms with Crippen LogP contribution in [0.2, 0.25) is 0 Å². The average molecular weight is 345 g/mol. The number of hydrogen-bond donors (Lipinski definition) is 1. The van der Waals surface area contributed by atoms with Crippen LogP contribution in [0.25, 0.3) is 11.3 Å². The highest BCUT2D eigenvalue weighted by molar-refractivity contribution is 5.99. The lowest BCUT2D eigenvalue weighted by Gasteiger charge is -2.12. The maximum absolute atomic E-state index is 12.2. The van der Waals surface area contributed by atoms with Crippen LogP contribution in [0, 0.1) is 6.92 Å². The molecular formula is C18H19NO6. The number of carbonyl (C=O) groups excluding carboxylic acids is 1. The summed E-state index contributed by atoms with van der Waals surface area (Å²) in [5.41, 5.74) is 2.33. The molecule has 1 aliphatic rings. The van der Waals surface area contributed by atoms with E-state index >= 15 is 0 Å². The Kier molecular flexibility index (Phi) is 4.39. The first kappa shape index (κ1) is 16.9. The Bertz CT molecular complexity index is 852. The van der Waals surface area contributed by atoms with E-state index in [9.17, 15) is 14.7 Å². The van der Waals surface area contributed by atoms with Crippen molar-refractivity contribution in [1.82, 2.24) is 4.57 Å². The van der Waals surface area contributed by atoms with E-state index in [-0.39, 0.29) is 19.0 Å². The van der Waals surface area contributed by atoms with Gasteiger partial charge in [-0.3, -0.25) is 0 Å². The van der Waals surface area contributed by atoms with Crippen molar-refractivity contribution in [3.63, 3.8) is 0 Å². The molecule has 2 heterocycles. The van der Waals surface area contributed by atoms with E-state index in [1.807, 2.05) is 18.4 Å². The molecule has 1 aromatic carbocycles. The van der Waals surface area contributed by atoms with Gasteiger partial charge in [0.25, 0.3) is 0 Å². The van der Waals surface area contributed by atoms with Crippen molar-refractivity contribution in [2.75, 3.05) is 13.4 Å². The van der Waals surface area contributed by atoms with Crippen molar-refractivity contribution in [3.8, 4) is 22.8 Å². The quantitative estimate of drug-likeness (QED) is 0.838. The van der Waals surface area contributed by atoms with Gasteiger partial charge >= 0.3 is 11.9 Å². The fourth-order valence-corrected chi connectivity index (χ4v) is 3.02. The molecule has 1 N–H and O–H groups in total. The number of benzene rings is 1. The van der Waals surface area contributed by atoms with E-state index in [0.717, 1.165) is 5.69 Å². The van der Waals surface area contributed by atoms with Crippen LogP contribution in [0.5, 0.6) is 11.5 Å². The van der Waals surface area contributed by atoms with Crippen LogP contribution in [0.15, 0.2) is 18.2 Å². The van der Waals surface area contributed by atoms with Gasteiger partial charge in [0, 0.05) is 17.8 Å². The zero-order valence-corrected chi connectivity index (χ0v) is 14.3. The molecule has 0 saturated heterocycles. The van der Waals surface area contributed by atoms with Gasteiger partial charge in [0.2, 0.25) is 6.79 Å². The van der Waals surface area contributed by atoms with E-state index < -0.39 is 11.9 Å². The summed E-state index contributed by atoms with van der Waals surface area (Å²) in [6.07, 6.45) is 0. The lowest BCUT2D eigenvalue weighted by molar-refractivity contribution is 0.0525. The minimum absolute atomic E-state index is 0.0553. The Labute approximate surface area is 144 Å². The maximum atomic E-state index is 12.2. The van der Waals surface area contributed by atoms with Gasteiger partial charge in [-0.15, -0.1) is 0 Å². The summed E-state index contributed by atoms with van der Waals surface area (Å²) in [6.45, 7) is 6.39. The fraction of sp³-hybridized carbons (Fsp3) is 0.333. The number of carboxylic acid groups (broad SMARTS) is 1. The number of nitrogens with zero attached hydrogens (tertiary/aromatic N) is 1. The Morgan fingerprint density at radius 2 is 1.84 bits per heavy atom. The number of rotatable bonds is 5. The maximum Gasteiger partial charge on any atom is 0.339 e. The fourth-order valence-electron chi connectivity index (χ4n) is 3.02. The summed E-state index contributed by atoms with van der Waals surface area (Å²) in [7, 11) is 0. The Morgan fingerprint density at radius 3 is 2.44 bits per heavy atom. The van der Waals surface area contributed by atoms with E-state index in [0.29, 0.717) is 34.9 Å². The Morgan fingerprint density at radius 1 is 1.16 bits per heavy atom. The van der Waals surface area contributed by atoms with Crippen LogP contribution in [0.3, 0.4) is 0 Å². The molecule has 0 spiro atoms. The molecule has 0 atom stereocenters. The molecule has 0 aliphatic carbocycles. The van der Waals surface area contributed by atoms with Crippen molar-refractivity contribution < 1.29 is 28.9 Å². The van der Waals surface area contributed by atoms with Crippen molar-refractivity contribution >= 4 is 11.9 Å². The molecule has 3 rings (SSSR count). The Hall–Kier alpha value is -2.96. The molecule has 0 unspecified atom stereocenters. The largest absolute Gasteiger partial charge is 0.478 e. The van der Waals surface area contributed by atoms with Gasteiger partial charge in [-0.2, -0.15) is 0 Å². The number of esters is 1. The average Bonchev–Trinajstić information content (AvgIpc) is 3.16. The number of carbonyl (C=O) groups is 2. The third-order valence-electron chi connectivity index (χ3n) is 4.20. The van der Waals surface area contributed by atoms with Crippen LogP contribution >= 0.6 is 0 Å². The smallest absolute Gasteiger partial charge is 0.339 e. The van der Waals surface area contributed by atoms with Gasteiger partial charge in [-0.25, -0.2) is 9.59 Å². The van der Waals surface area contributed by atoms with Crippen LogP contribution in [0.1, 0.15) is 40.3 Å². The summed E-state index contributed by atoms with van der Waals surface area (Å²) < 4.78 is 17.6. The predicted octanol–water partition coefficient (Wildman–Crippen LogP) is 3.09. The summed E-state index contributed by atoms with van der Waals surface area (Å²) in [5.74, 6) is -0.615. The zero-order valence-electron chi connectivity index (χ0n) is 14.3. The molecule has 2 aromatic rings. The number of hydrogen-bond acceptors (Lipinski definition) is 5. The van der Waals surface area contributed by atoms with E-state index in [1.54, 1.807) is 19.1 Å². The number of aromatic carboxylic acids is 1. The van der Waals surface area contributed by atoms with Gasteiger partial charge in [0.05, 0.1) is 23.4 Å². The molecule has 7 nitrogen and oxygen atoms in total. The first-order valence-corrected chi connectivity index (χ1v) is 8.02. The molecule has 1 aromatic heterocycles. The van der Waals surface area contributed by atoms with Crippen molar-refractivity contribution in [1.29, 1.82) is 0 Å². The number of ether oxygens (including phenoxy) is 3. The van der Waals surface area contributed by atoms with Crippen molar-refractivity contribution in [2.45, 2.75) is 27.3 Å². The van der Waals surface area contributed by atoms with Crippen LogP contribution < -0.4 is 9.47 Å². The summed E-state index contributed by atoms with van der Waals surface area (Å²) >= 11 is 0. The third kappa shape index (κ3) is 2.82. The molecule has 1 aliphatic heterocycles. The molecule has 7 heteroatoms. The number of aromatic nitrogens is 1. The molecule has 132 valence electrons. The molecule has 0 amide bonds. The highest BCUT2D eigenvalue weighted by atomic mass is 16.7. The minimum Gasteiger partial charge on any atom is -0.478 e. The van der Waals surface area contributed by atoms with Crippen molar-refractivity contribution in [3.05, 3.63) is 35.0 Å². The first-order chi connectivity index (χ1) is 12.0. The number of carboxylic acids is 1. The first-order valence-electron chi connectivity index (χ1n) is 8.02. The van der Waals surface area contributed by atoms with Gasteiger partial charge in [0.1, 0.15) is 0 Å². The molecular weight excluding hydrogens is 326 g/mol. The topological polar surface area (TPSA) is 87.0 Å². The van der Waals surface area contributed by atoms with Gasteiger partial charge < -0.3 is 23.9 Å². The van der Waals surface area contributed by atoms with E-state index in [1.165, 1.54) is 6.07 Å². The van der Waals surface area contributed by atoms with E-state index in [4.69, 9.17) is 14.2 Å². The normalized spacial score (nSPS) is 12.3. The second-order valence-electron chi connectivity index (χ2n) is 5.55. The molecule has 0 bridgehead atoms.